The summed E-state index contributed by atoms with van der Waals surface area (Å²) in [6.07, 6.45) is -4.09. The molecule has 0 saturated heterocycles. The van der Waals surface area contributed by atoms with Crippen LogP contribution in [0, 0.1) is 0 Å². The van der Waals surface area contributed by atoms with Crippen LogP contribution in [0.1, 0.15) is 12.1 Å². The van der Waals surface area contributed by atoms with Gasteiger partial charge in [0.2, 0.25) is 0 Å². The minimum Gasteiger partial charge on any atom is -0.481 e. The van der Waals surface area contributed by atoms with E-state index in [2.05, 4.69) is 14.5 Å². The number of hydrogen-bond donors (Lipinski definition) is 1. The first-order valence-corrected chi connectivity index (χ1v) is 10.6. The van der Waals surface area contributed by atoms with Crippen LogP contribution in [0.25, 0.3) is 22.1 Å². The number of carboxylic acid groups (broad SMARTS) is 1. The zero-order chi connectivity index (χ0) is 21.4. The lowest BCUT2D eigenvalue weighted by Crippen LogP contribution is -2.10. The molecule has 1 N–H and O–H groups in total. The van der Waals surface area contributed by atoms with E-state index in [1.165, 1.54) is 18.2 Å². The molecule has 1 aromatic carbocycles. The molecule has 2 heterocycles. The number of hydrogen-bond acceptors (Lipinski definition) is 7. The van der Waals surface area contributed by atoms with E-state index in [-0.39, 0.29) is 23.0 Å². The molecule has 0 unspecified atom stereocenters. The van der Waals surface area contributed by atoms with Crippen molar-refractivity contribution in [1.29, 1.82) is 0 Å². The van der Waals surface area contributed by atoms with Gasteiger partial charge in [0.25, 0.3) is 0 Å². The molecule has 3 rings (SSSR count). The van der Waals surface area contributed by atoms with Gasteiger partial charge in [0.15, 0.2) is 21.4 Å². The second kappa shape index (κ2) is 7.55. The molecule has 3 aromatic rings. The van der Waals surface area contributed by atoms with Gasteiger partial charge in [0, 0.05) is 11.8 Å². The number of carbonyl (C=O) groups is 1. The second-order valence-corrected chi connectivity index (χ2v) is 8.77. The number of alkyl halides is 3. The molecule has 0 fully saturated rings. The first-order valence-electron chi connectivity index (χ1n) is 7.96. The highest BCUT2D eigenvalue weighted by Gasteiger charge is 2.35. The molecule has 0 spiro atoms. The van der Waals surface area contributed by atoms with E-state index in [0.717, 1.165) is 28.5 Å². The predicted octanol–water partition coefficient (Wildman–Crippen LogP) is 2.97. The molecule has 8 nitrogen and oxygen atoms in total. The van der Waals surface area contributed by atoms with Crippen molar-refractivity contribution in [2.45, 2.75) is 24.0 Å². The molecule has 0 atom stereocenters. The second-order valence-electron chi connectivity index (χ2n) is 6.00. The summed E-state index contributed by atoms with van der Waals surface area (Å²) in [5.41, 5.74) is -0.835. The Morgan fingerprint density at radius 3 is 2.62 bits per heavy atom. The molecule has 29 heavy (non-hydrogen) atoms. The van der Waals surface area contributed by atoms with E-state index in [1.54, 1.807) is 6.07 Å². The van der Waals surface area contributed by atoms with Gasteiger partial charge in [-0.05, 0) is 29.7 Å². The molecule has 0 saturated carbocycles. The van der Waals surface area contributed by atoms with Crippen LogP contribution in [0.5, 0.6) is 0 Å². The largest absolute Gasteiger partial charge is 0.481 e. The van der Waals surface area contributed by atoms with Crippen molar-refractivity contribution in [3.8, 4) is 22.1 Å². The maximum Gasteiger partial charge on any atom is 0.435 e. The van der Waals surface area contributed by atoms with E-state index in [1.807, 2.05) is 0 Å². The van der Waals surface area contributed by atoms with Gasteiger partial charge in [-0.1, -0.05) is 12.1 Å². The van der Waals surface area contributed by atoms with E-state index in [4.69, 9.17) is 5.11 Å². The molecule has 0 aliphatic heterocycles. The maximum absolute atomic E-state index is 13.0. The van der Waals surface area contributed by atoms with E-state index < -0.39 is 34.1 Å². The van der Waals surface area contributed by atoms with Crippen molar-refractivity contribution in [1.82, 2.24) is 19.1 Å². The number of rotatable bonds is 6. The highest BCUT2D eigenvalue weighted by molar-refractivity contribution is 7.90. The quantitative estimate of drug-likeness (QED) is 0.619. The lowest BCUT2D eigenvalue weighted by atomic mass is 10.2. The average molecular weight is 446 g/mol. The van der Waals surface area contributed by atoms with Crippen LogP contribution >= 0.6 is 11.5 Å². The first kappa shape index (κ1) is 20.9. The van der Waals surface area contributed by atoms with Crippen LogP contribution in [0.3, 0.4) is 0 Å². The zero-order valence-corrected chi connectivity index (χ0v) is 16.3. The SMILES string of the molecule is CS(=O)(=O)c1cccc(-c2nc(-c3cc(C(F)(F)F)nn3CCC(=O)O)ns2)c1. The molecule has 0 radical (unpaired) electrons. The van der Waals surface area contributed by atoms with E-state index in [9.17, 15) is 26.4 Å². The van der Waals surface area contributed by atoms with Gasteiger partial charge in [-0.15, -0.1) is 0 Å². The van der Waals surface area contributed by atoms with Crippen molar-refractivity contribution in [2.75, 3.05) is 6.26 Å². The smallest absolute Gasteiger partial charge is 0.435 e. The van der Waals surface area contributed by atoms with Crippen molar-refractivity contribution in [3.63, 3.8) is 0 Å². The summed E-state index contributed by atoms with van der Waals surface area (Å²) in [6.45, 7) is -0.293. The molecular formula is C16H13F3N4O4S2. The van der Waals surface area contributed by atoms with Gasteiger partial charge in [-0.3, -0.25) is 9.48 Å². The molecule has 0 bridgehead atoms. The summed E-state index contributed by atoms with van der Waals surface area (Å²) in [7, 11) is -3.45. The zero-order valence-electron chi connectivity index (χ0n) is 14.7. The minimum absolute atomic E-state index is 0.0665. The molecule has 0 aliphatic rings. The van der Waals surface area contributed by atoms with E-state index >= 15 is 0 Å². The maximum atomic E-state index is 13.0. The summed E-state index contributed by atoms with van der Waals surface area (Å²) in [4.78, 5) is 15.0. The third-order valence-electron chi connectivity index (χ3n) is 3.77. The predicted molar refractivity (Wildman–Crippen MR) is 96.9 cm³/mol. The Balaban J connectivity index is 2.02. The van der Waals surface area contributed by atoms with E-state index in [0.29, 0.717) is 10.6 Å². The summed E-state index contributed by atoms with van der Waals surface area (Å²) >= 11 is 0.872. The van der Waals surface area contributed by atoms with Gasteiger partial charge in [-0.2, -0.15) is 22.6 Å². The molecular weight excluding hydrogens is 433 g/mol. The fourth-order valence-electron chi connectivity index (χ4n) is 2.41. The summed E-state index contributed by atoms with van der Waals surface area (Å²) in [5, 5.41) is 12.5. The summed E-state index contributed by atoms with van der Waals surface area (Å²) < 4.78 is 67.5. The van der Waals surface area contributed by atoms with Crippen molar-refractivity contribution in [3.05, 3.63) is 36.0 Å². The van der Waals surface area contributed by atoms with Gasteiger partial charge in [-0.25, -0.2) is 13.4 Å². The van der Waals surface area contributed by atoms with Gasteiger partial charge in [0.1, 0.15) is 10.7 Å². The van der Waals surface area contributed by atoms with Crippen molar-refractivity contribution in [2.24, 2.45) is 0 Å². The molecule has 0 amide bonds. The summed E-state index contributed by atoms with van der Waals surface area (Å²) in [6, 6.07) is 6.67. The highest BCUT2D eigenvalue weighted by Crippen LogP contribution is 2.33. The number of carboxylic acids is 1. The topological polar surface area (TPSA) is 115 Å². The number of aryl methyl sites for hydroxylation is 1. The van der Waals surface area contributed by atoms with Crippen LogP contribution in [-0.2, 0) is 27.4 Å². The lowest BCUT2D eigenvalue weighted by Gasteiger charge is -2.03. The number of sulfone groups is 1. The van der Waals surface area contributed by atoms with Gasteiger partial charge in [0.05, 0.1) is 17.9 Å². The molecule has 13 heteroatoms. The Morgan fingerprint density at radius 1 is 1.28 bits per heavy atom. The number of nitrogens with zero attached hydrogens (tertiary/aromatic N) is 4. The fraction of sp³-hybridized carbons (Fsp3) is 0.250. The number of halogens is 3. The monoisotopic (exact) mass is 446 g/mol. The molecule has 2 aromatic heterocycles. The van der Waals surface area contributed by atoms with Crippen molar-refractivity contribution < 1.29 is 31.5 Å². The number of aliphatic carboxylic acids is 1. The molecule has 0 aliphatic carbocycles. The Bertz CT molecular complexity index is 1170. The van der Waals surface area contributed by atoms with Crippen LogP contribution in [-0.4, -0.2) is 44.9 Å². The third kappa shape index (κ3) is 4.79. The Kier molecular flexibility index (Phi) is 5.45. The first-order chi connectivity index (χ1) is 13.4. The molecule has 154 valence electrons. The Hall–Kier alpha value is -2.80. The fourth-order valence-corrected chi connectivity index (χ4v) is 3.75. The lowest BCUT2D eigenvalue weighted by molar-refractivity contribution is -0.141. The van der Waals surface area contributed by atoms with Gasteiger partial charge < -0.3 is 5.11 Å². The summed E-state index contributed by atoms with van der Waals surface area (Å²) in [5.74, 6) is -1.26. The standard InChI is InChI=1S/C16H13F3N4O4S2/c1-29(26,27)10-4-2-3-9(7-10)15-20-14(22-28-15)11-8-12(16(17,18)19)21-23(11)6-5-13(24)25/h2-4,7-8H,5-6H2,1H3,(H,24,25). The van der Waals surface area contributed by atoms with Gasteiger partial charge >= 0.3 is 12.1 Å². The average Bonchev–Trinajstić information content (AvgIpc) is 3.26. The number of benzene rings is 1. The Morgan fingerprint density at radius 2 is 2.00 bits per heavy atom. The minimum atomic E-state index is -4.72. The van der Waals surface area contributed by atoms with Crippen LogP contribution < -0.4 is 0 Å². The van der Waals surface area contributed by atoms with Crippen molar-refractivity contribution >= 4 is 27.3 Å². The number of aromatic nitrogens is 4. The van der Waals surface area contributed by atoms with Crippen LogP contribution in [0.4, 0.5) is 13.2 Å². The normalized spacial score (nSPS) is 12.3. The Labute approximate surface area is 166 Å². The third-order valence-corrected chi connectivity index (χ3v) is 5.65. The van der Waals surface area contributed by atoms with Crippen LogP contribution in [0.15, 0.2) is 35.2 Å². The van der Waals surface area contributed by atoms with Crippen LogP contribution in [0.2, 0.25) is 0 Å². The highest BCUT2D eigenvalue weighted by atomic mass is 32.2.